The van der Waals surface area contributed by atoms with Crippen LogP contribution in [-0.2, 0) is 22.2 Å². The number of thioether (sulfide) groups is 1. The Morgan fingerprint density at radius 2 is 0.962 bits per heavy atom. The highest BCUT2D eigenvalue weighted by Crippen LogP contribution is 2.57. The molecule has 0 radical (unpaired) electrons. The Hall–Kier alpha value is -1.96. The molecule has 6 rings (SSSR count). The third kappa shape index (κ3) is 7.76. The number of benzene rings is 5. The minimum Gasteiger partial charge on any atom is -0.507 e. The van der Waals surface area contributed by atoms with Gasteiger partial charge in [0.15, 0.2) is 0 Å². The van der Waals surface area contributed by atoms with Crippen molar-refractivity contribution in [2.24, 2.45) is 0 Å². The van der Waals surface area contributed by atoms with Crippen LogP contribution in [0.3, 0.4) is 0 Å². The topological polar surface area (TPSA) is 107 Å². The van der Waals surface area contributed by atoms with Gasteiger partial charge in [0.1, 0.15) is 29.6 Å². The molecule has 0 atom stereocenters. The summed E-state index contributed by atoms with van der Waals surface area (Å²) < 4.78 is 8.54. The van der Waals surface area contributed by atoms with Gasteiger partial charge in [0, 0.05) is 10.8 Å². The van der Waals surface area contributed by atoms with Crippen molar-refractivity contribution in [3.63, 3.8) is 0 Å². The molecule has 11 heteroatoms. The first-order valence-corrected chi connectivity index (χ1v) is 21.7. The number of aromatic hydroxyl groups is 4. The van der Waals surface area contributed by atoms with Gasteiger partial charge in [-0.3, -0.25) is 0 Å². The molecule has 0 spiro atoms. The summed E-state index contributed by atoms with van der Waals surface area (Å²) in [5.74, 6) is 0.847. The monoisotopic (exact) mass is 1160 g/mol. The summed E-state index contributed by atoms with van der Waals surface area (Å²) in [5, 5.41) is 43.1. The van der Waals surface area contributed by atoms with Crippen molar-refractivity contribution < 1.29 is 30.0 Å². The van der Waals surface area contributed by atoms with E-state index in [1.54, 1.807) is 0 Å². The molecule has 52 heavy (non-hydrogen) atoms. The highest BCUT2D eigenvalue weighted by Gasteiger charge is 2.47. The maximum Gasteiger partial charge on any atom is 0.372 e. The maximum atomic E-state index is 13.1. The number of phenolic OH excluding ortho intramolecular Hbond substituents is 4. The molecule has 1 fully saturated rings. The predicted octanol–water partition coefficient (Wildman–Crippen LogP) is 12.1. The summed E-state index contributed by atoms with van der Waals surface area (Å²) in [7, 11) is 0. The van der Waals surface area contributed by atoms with Crippen LogP contribution in [0.15, 0.2) is 83.8 Å². The molecule has 0 unspecified atom stereocenters. The number of carbonyl (C=O) groups is 1. The molecule has 270 valence electrons. The number of hydrogen-bond donors (Lipinski definition) is 4. The lowest BCUT2D eigenvalue weighted by Crippen LogP contribution is -2.41. The van der Waals surface area contributed by atoms with E-state index >= 15 is 0 Å². The Bertz CT molecular complexity index is 2050. The van der Waals surface area contributed by atoms with Gasteiger partial charge in [0.25, 0.3) is 0 Å². The molecule has 0 heterocycles. The van der Waals surface area contributed by atoms with E-state index in [2.05, 4.69) is 127 Å². The average molecular weight is 1160 g/mol. The number of carbonyl (C=O) groups excluding carboxylic acids is 1. The fraction of sp³-hybridized carbons (Fsp3) is 0.244. The molecule has 5 aromatic carbocycles. The van der Waals surface area contributed by atoms with E-state index < -0.39 is 16.1 Å². The molecule has 1 aliphatic carbocycles. The van der Waals surface area contributed by atoms with Gasteiger partial charge in [-0.15, -0.1) is 0 Å². The number of rotatable bonds is 7. The van der Waals surface area contributed by atoms with Gasteiger partial charge < -0.3 is 25.2 Å². The molecule has 0 aliphatic heterocycles. The Balaban J connectivity index is 1.48. The largest absolute Gasteiger partial charge is 0.507 e. The lowest BCUT2D eigenvalue weighted by molar-refractivity contribution is 0.168. The van der Waals surface area contributed by atoms with Crippen molar-refractivity contribution in [3.05, 3.63) is 138 Å². The SMILES string of the molecule is Cc1cc(C2(c3cc(C)c(O)c(I)c3)CCC(c3cc(C)c(O)c(I)c3)(c3cc(I)c(O)c(SC(=O)OCc4ccccc4)c3)CC2)cc(I)c1O. The van der Waals surface area contributed by atoms with Crippen LogP contribution in [-0.4, -0.2) is 25.7 Å². The normalized spacial score (nSPS) is 15.0. The van der Waals surface area contributed by atoms with Gasteiger partial charge >= 0.3 is 5.30 Å². The summed E-state index contributed by atoms with van der Waals surface area (Å²) in [5.41, 5.74) is 6.52. The van der Waals surface area contributed by atoms with Gasteiger partial charge in [0.05, 0.1) is 19.2 Å². The van der Waals surface area contributed by atoms with Gasteiger partial charge in [-0.1, -0.05) is 48.5 Å². The minimum atomic E-state index is -0.545. The molecule has 6 nitrogen and oxygen atoms in total. The molecular weight excluding hydrogens is 1130 g/mol. The van der Waals surface area contributed by atoms with Crippen molar-refractivity contribution in [1.82, 2.24) is 0 Å². The highest BCUT2D eigenvalue weighted by atomic mass is 127. The Morgan fingerprint density at radius 3 is 1.35 bits per heavy atom. The second kappa shape index (κ2) is 16.0. The van der Waals surface area contributed by atoms with Gasteiger partial charge in [0.2, 0.25) is 0 Å². The maximum absolute atomic E-state index is 13.1. The molecule has 5 aromatic rings. The fourth-order valence-corrected chi connectivity index (χ4v) is 11.2. The summed E-state index contributed by atoms with van der Waals surface area (Å²) in [6.07, 6.45) is 2.85. The summed E-state index contributed by atoms with van der Waals surface area (Å²) in [6, 6.07) is 25.9. The van der Waals surface area contributed by atoms with E-state index in [-0.39, 0.29) is 29.6 Å². The lowest BCUT2D eigenvalue weighted by Gasteiger charge is -2.48. The van der Waals surface area contributed by atoms with Gasteiger partial charge in [-0.2, -0.15) is 0 Å². The van der Waals surface area contributed by atoms with Crippen molar-refractivity contribution in [2.75, 3.05) is 0 Å². The first-order chi connectivity index (χ1) is 24.6. The van der Waals surface area contributed by atoms with Crippen molar-refractivity contribution in [1.29, 1.82) is 0 Å². The number of phenols is 4. The van der Waals surface area contributed by atoms with E-state index in [9.17, 15) is 25.2 Å². The fourth-order valence-electron chi connectivity index (χ4n) is 7.39. The smallest absolute Gasteiger partial charge is 0.372 e. The van der Waals surface area contributed by atoms with Crippen LogP contribution < -0.4 is 0 Å². The highest BCUT2D eigenvalue weighted by molar-refractivity contribution is 14.1. The molecule has 1 saturated carbocycles. The zero-order chi connectivity index (χ0) is 37.5. The van der Waals surface area contributed by atoms with Crippen LogP contribution in [0, 0.1) is 35.1 Å². The zero-order valence-corrected chi connectivity index (χ0v) is 38.0. The molecule has 4 N–H and O–H groups in total. The quantitative estimate of drug-likeness (QED) is 0.0731. The molecular formula is C41H36I4O6S. The van der Waals surface area contributed by atoms with E-state index in [0.717, 1.165) is 79.8 Å². The van der Waals surface area contributed by atoms with Gasteiger partial charge in [-0.05, 0) is 223 Å². The molecule has 0 bridgehead atoms. The van der Waals surface area contributed by atoms with Crippen molar-refractivity contribution >= 4 is 107 Å². The van der Waals surface area contributed by atoms with Crippen LogP contribution in [0.5, 0.6) is 23.0 Å². The van der Waals surface area contributed by atoms with E-state index in [4.69, 9.17) is 4.74 Å². The van der Waals surface area contributed by atoms with Crippen molar-refractivity contribution in [2.45, 2.75) is 68.8 Å². The number of ether oxygens (including phenoxy) is 1. The second-order valence-electron chi connectivity index (χ2n) is 13.5. The van der Waals surface area contributed by atoms with Crippen LogP contribution >= 0.6 is 102 Å². The third-order valence-corrected chi connectivity index (χ3v) is 14.5. The van der Waals surface area contributed by atoms with E-state index in [1.807, 2.05) is 63.2 Å². The summed E-state index contributed by atoms with van der Waals surface area (Å²) >= 11 is 9.60. The minimum absolute atomic E-state index is 0.0334. The molecule has 1 aliphatic rings. The van der Waals surface area contributed by atoms with E-state index in [1.165, 1.54) is 0 Å². The second-order valence-corrected chi connectivity index (χ2v) is 19.1. The number of aryl methyl sites for hydroxylation is 3. The zero-order valence-electron chi connectivity index (χ0n) is 28.6. The predicted molar refractivity (Wildman–Crippen MR) is 240 cm³/mol. The Kier molecular flexibility index (Phi) is 12.2. The summed E-state index contributed by atoms with van der Waals surface area (Å²) in [6.45, 7) is 5.90. The summed E-state index contributed by atoms with van der Waals surface area (Å²) in [4.78, 5) is 13.6. The van der Waals surface area contributed by atoms with E-state index in [0.29, 0.717) is 21.3 Å². The Morgan fingerprint density at radius 1 is 0.596 bits per heavy atom. The average Bonchev–Trinajstić information content (AvgIpc) is 3.12. The first kappa shape index (κ1) is 39.7. The molecule has 0 aromatic heterocycles. The first-order valence-electron chi connectivity index (χ1n) is 16.6. The molecule has 0 saturated heterocycles. The van der Waals surface area contributed by atoms with Crippen LogP contribution in [0.1, 0.15) is 70.2 Å². The number of halogens is 4. The van der Waals surface area contributed by atoms with Crippen LogP contribution in [0.4, 0.5) is 4.79 Å². The lowest BCUT2D eigenvalue weighted by atomic mass is 9.55. The van der Waals surface area contributed by atoms with Crippen molar-refractivity contribution in [3.8, 4) is 23.0 Å². The van der Waals surface area contributed by atoms with Crippen LogP contribution in [0.2, 0.25) is 0 Å². The molecule has 0 amide bonds. The van der Waals surface area contributed by atoms with Gasteiger partial charge in [-0.25, -0.2) is 4.79 Å². The third-order valence-electron chi connectivity index (χ3n) is 10.4. The van der Waals surface area contributed by atoms with Crippen LogP contribution in [0.25, 0.3) is 0 Å². The standard InChI is InChI=1S/C41H36I4O6S/c1-22-13-26(16-30(42)35(22)46)40(27-14-23(2)36(47)31(43)17-27)9-11-41(12-10-40,28-15-24(3)37(48)32(44)18-28)29-19-33(45)38(49)34(20-29)52-39(50)51-21-25-7-5-4-6-8-25/h4-8,13-20,46-49H,9-12,21H2,1-3H3. The number of hydrogen-bond acceptors (Lipinski definition) is 7. The Labute approximate surface area is 362 Å².